The fraction of sp³-hybridized carbons (Fsp3) is 0. The van der Waals surface area contributed by atoms with Crippen molar-refractivity contribution in [3.05, 3.63) is 56.3 Å². The molecule has 0 saturated heterocycles. The van der Waals surface area contributed by atoms with Gasteiger partial charge in [0.2, 0.25) is 0 Å². The van der Waals surface area contributed by atoms with Gasteiger partial charge in [-0.05, 0) is 18.2 Å². The zero-order valence-electron chi connectivity index (χ0n) is 9.31. The first kappa shape index (κ1) is 12.4. The minimum atomic E-state index is -0.842. The number of benzene rings is 1. The van der Waals surface area contributed by atoms with Gasteiger partial charge in [-0.2, -0.15) is 0 Å². The van der Waals surface area contributed by atoms with Crippen LogP contribution in [-0.4, -0.2) is 16.1 Å². The molecule has 96 valence electrons. The minimum absolute atomic E-state index is 0.0657. The molecule has 0 saturated carbocycles. The average molecular weight is 262 g/mol. The van der Waals surface area contributed by atoms with Gasteiger partial charge >= 0.3 is 11.4 Å². The lowest BCUT2D eigenvalue weighted by atomic mass is 10.1. The van der Waals surface area contributed by atoms with Gasteiger partial charge in [-0.1, -0.05) is 0 Å². The van der Waals surface area contributed by atoms with E-state index in [9.17, 15) is 25.0 Å². The van der Waals surface area contributed by atoms with E-state index in [-0.39, 0.29) is 17.1 Å². The van der Waals surface area contributed by atoms with E-state index < -0.39 is 21.2 Å². The van der Waals surface area contributed by atoms with Crippen LogP contribution in [0.1, 0.15) is 10.6 Å². The van der Waals surface area contributed by atoms with Crippen molar-refractivity contribution in [2.45, 2.75) is 0 Å². The maximum Gasteiger partial charge on any atom is 0.346 e. The van der Waals surface area contributed by atoms with E-state index in [4.69, 9.17) is 4.42 Å². The normalized spacial score (nSPS) is 10.1. The third-order valence-electron chi connectivity index (χ3n) is 2.40. The minimum Gasteiger partial charge on any atom is -0.453 e. The molecule has 19 heavy (non-hydrogen) atoms. The largest absolute Gasteiger partial charge is 0.453 e. The number of nitro groups is 2. The van der Waals surface area contributed by atoms with Crippen LogP contribution in [0.3, 0.4) is 0 Å². The van der Waals surface area contributed by atoms with E-state index in [0.717, 1.165) is 12.1 Å². The molecule has 1 heterocycles. The van der Waals surface area contributed by atoms with Crippen molar-refractivity contribution in [2.24, 2.45) is 0 Å². The number of carbonyl (C=O) groups excluding carboxylic acids is 1. The predicted molar refractivity (Wildman–Crippen MR) is 62.8 cm³/mol. The van der Waals surface area contributed by atoms with Gasteiger partial charge < -0.3 is 4.42 Å². The molecule has 0 aliphatic rings. The van der Waals surface area contributed by atoms with Crippen LogP contribution >= 0.6 is 0 Å². The fourth-order valence-corrected chi connectivity index (χ4v) is 1.55. The summed E-state index contributed by atoms with van der Waals surface area (Å²) < 4.78 is 5.09. The van der Waals surface area contributed by atoms with Crippen LogP contribution in [0.25, 0.3) is 11.3 Å². The molecule has 1 aromatic carbocycles. The first-order chi connectivity index (χ1) is 9.02. The highest BCUT2D eigenvalue weighted by Crippen LogP contribution is 2.32. The lowest BCUT2D eigenvalue weighted by Crippen LogP contribution is -1.96. The van der Waals surface area contributed by atoms with Gasteiger partial charge in [-0.3, -0.25) is 25.0 Å². The molecular weight excluding hydrogens is 256 g/mol. The van der Waals surface area contributed by atoms with E-state index in [1.54, 1.807) is 0 Å². The zero-order valence-corrected chi connectivity index (χ0v) is 9.31. The molecule has 0 unspecified atom stereocenters. The van der Waals surface area contributed by atoms with Crippen molar-refractivity contribution in [2.75, 3.05) is 0 Å². The molecule has 0 N–H and O–H groups in total. The van der Waals surface area contributed by atoms with Crippen molar-refractivity contribution in [1.82, 2.24) is 0 Å². The third-order valence-corrected chi connectivity index (χ3v) is 2.40. The van der Waals surface area contributed by atoms with Gasteiger partial charge in [0.25, 0.3) is 0 Å². The highest BCUT2D eigenvalue weighted by molar-refractivity contribution is 5.74. The van der Waals surface area contributed by atoms with Gasteiger partial charge in [-0.15, -0.1) is 0 Å². The van der Waals surface area contributed by atoms with Gasteiger partial charge in [0.1, 0.15) is 5.76 Å². The highest BCUT2D eigenvalue weighted by atomic mass is 16.6. The summed E-state index contributed by atoms with van der Waals surface area (Å²) in [4.78, 5) is 30.2. The molecule has 0 aliphatic heterocycles. The van der Waals surface area contributed by atoms with Crippen molar-refractivity contribution in [3.63, 3.8) is 0 Å². The maximum atomic E-state index is 10.8. The third kappa shape index (κ3) is 2.32. The van der Waals surface area contributed by atoms with Gasteiger partial charge in [0, 0.05) is 17.7 Å². The van der Waals surface area contributed by atoms with Crippen LogP contribution in [0, 0.1) is 20.2 Å². The first-order valence-corrected chi connectivity index (χ1v) is 5.01. The van der Waals surface area contributed by atoms with Crippen LogP contribution in [0.15, 0.2) is 34.7 Å². The average Bonchev–Trinajstić information content (AvgIpc) is 2.86. The Balaban J connectivity index is 2.54. The summed E-state index contributed by atoms with van der Waals surface area (Å²) in [7, 11) is 0. The number of nitrogens with zero attached hydrogens (tertiary/aromatic N) is 2. The molecule has 0 aliphatic carbocycles. The lowest BCUT2D eigenvalue weighted by molar-refractivity contribution is -0.422. The summed E-state index contributed by atoms with van der Waals surface area (Å²) in [6.45, 7) is 0. The van der Waals surface area contributed by atoms with Crippen molar-refractivity contribution in [3.8, 4) is 11.3 Å². The summed E-state index contributed by atoms with van der Waals surface area (Å²) >= 11 is 0. The second-order valence-electron chi connectivity index (χ2n) is 3.54. The number of aldehydes is 1. The van der Waals surface area contributed by atoms with Crippen molar-refractivity contribution in [1.29, 1.82) is 0 Å². The first-order valence-electron chi connectivity index (χ1n) is 5.01. The van der Waals surface area contributed by atoms with Gasteiger partial charge in [0.05, 0.1) is 9.85 Å². The molecule has 8 nitrogen and oxygen atoms in total. The Bertz CT molecular complexity index is 676. The molecule has 2 rings (SSSR count). The number of carbonyl (C=O) groups is 1. The van der Waals surface area contributed by atoms with Crippen LogP contribution in [0.2, 0.25) is 0 Å². The van der Waals surface area contributed by atoms with Gasteiger partial charge in [-0.25, -0.2) is 0 Å². The summed E-state index contributed by atoms with van der Waals surface area (Å²) in [5.74, 6) is 0.288. The van der Waals surface area contributed by atoms with Crippen LogP contribution < -0.4 is 0 Å². The summed E-state index contributed by atoms with van der Waals surface area (Å²) in [5, 5.41) is 21.4. The number of nitro benzene ring substituents is 2. The smallest absolute Gasteiger partial charge is 0.346 e. The molecule has 0 fully saturated rings. The Labute approximate surface area is 105 Å². The molecular formula is C11H6N2O6. The SMILES string of the molecule is O=Cc1ccc(-c2ccc([N+](=O)[O-])c([N+](=O)[O-])c2)o1. The topological polar surface area (TPSA) is 116 Å². The second-order valence-corrected chi connectivity index (χ2v) is 3.54. The summed E-state index contributed by atoms with van der Waals surface area (Å²) in [5.41, 5.74) is -0.951. The number of rotatable bonds is 4. The Morgan fingerprint density at radius 1 is 1.00 bits per heavy atom. The molecule has 0 radical (unpaired) electrons. The Morgan fingerprint density at radius 2 is 1.68 bits per heavy atom. The summed E-state index contributed by atoms with van der Waals surface area (Å²) in [6.07, 6.45) is 0.489. The van der Waals surface area contributed by atoms with Crippen LogP contribution in [0.5, 0.6) is 0 Å². The molecule has 2 aromatic rings. The number of furan rings is 1. The molecule has 0 amide bonds. The second kappa shape index (κ2) is 4.69. The quantitative estimate of drug-likeness (QED) is 0.474. The van der Waals surface area contributed by atoms with Crippen LogP contribution in [0.4, 0.5) is 11.4 Å². The van der Waals surface area contributed by atoms with Crippen molar-refractivity contribution >= 4 is 17.7 Å². The van der Waals surface area contributed by atoms with E-state index in [2.05, 4.69) is 0 Å². The van der Waals surface area contributed by atoms with E-state index in [1.807, 2.05) is 0 Å². The molecule has 1 aromatic heterocycles. The standard InChI is InChI=1S/C11H6N2O6/c14-6-8-2-4-11(19-8)7-1-3-9(12(15)16)10(5-7)13(17)18/h1-6H. The highest BCUT2D eigenvalue weighted by Gasteiger charge is 2.24. The number of hydrogen-bond donors (Lipinski definition) is 0. The van der Waals surface area contributed by atoms with E-state index in [0.29, 0.717) is 6.29 Å². The fourth-order valence-electron chi connectivity index (χ4n) is 1.55. The molecule has 0 bridgehead atoms. The molecule has 0 spiro atoms. The lowest BCUT2D eigenvalue weighted by Gasteiger charge is -1.98. The predicted octanol–water partition coefficient (Wildman–Crippen LogP) is 2.58. The Kier molecular flexibility index (Phi) is 3.06. The van der Waals surface area contributed by atoms with Crippen molar-refractivity contribution < 1.29 is 19.1 Å². The number of hydrogen-bond acceptors (Lipinski definition) is 6. The van der Waals surface area contributed by atoms with E-state index >= 15 is 0 Å². The maximum absolute atomic E-state index is 10.8. The molecule has 8 heteroatoms. The molecule has 0 atom stereocenters. The Morgan fingerprint density at radius 3 is 2.21 bits per heavy atom. The summed E-state index contributed by atoms with van der Waals surface area (Å²) in [6, 6.07) is 6.23. The zero-order chi connectivity index (χ0) is 14.0. The van der Waals surface area contributed by atoms with Crippen LogP contribution in [-0.2, 0) is 0 Å². The van der Waals surface area contributed by atoms with E-state index in [1.165, 1.54) is 18.2 Å². The Hall–Kier alpha value is -3.03. The monoisotopic (exact) mass is 262 g/mol. The van der Waals surface area contributed by atoms with Gasteiger partial charge in [0.15, 0.2) is 12.0 Å².